The molecule has 2 atom stereocenters. The predicted octanol–water partition coefficient (Wildman–Crippen LogP) is 8.78. The van der Waals surface area contributed by atoms with Crippen molar-refractivity contribution in [2.45, 2.75) is 12.0 Å². The summed E-state index contributed by atoms with van der Waals surface area (Å²) in [5.74, 6) is 1.10. The third kappa shape index (κ3) is 3.10. The number of ether oxygens (including phenoxy) is 1. The van der Waals surface area contributed by atoms with E-state index in [1.54, 1.807) is 0 Å². The topological polar surface area (TPSA) is 9.23 Å². The Bertz CT molecular complexity index is 1430. The molecule has 5 aromatic rings. The fourth-order valence-corrected chi connectivity index (χ4v) is 5.59. The molecule has 0 radical (unpaired) electrons. The van der Waals surface area contributed by atoms with Gasteiger partial charge < -0.3 is 4.74 Å². The molecule has 1 aliphatic rings. The average molecular weight is 530 g/mol. The Balaban J connectivity index is 1.74. The molecule has 0 amide bonds. The molecule has 2 unspecified atom stereocenters. The van der Waals surface area contributed by atoms with Crippen LogP contribution in [0.25, 0.3) is 21.5 Å². The second-order valence-electron chi connectivity index (χ2n) is 7.96. The Morgan fingerprint density at radius 1 is 0.548 bits per heavy atom. The molecule has 0 aromatic heterocycles. The van der Waals surface area contributed by atoms with Crippen LogP contribution >= 0.6 is 31.9 Å². The molecule has 1 nitrogen and oxygen atoms in total. The fraction of sp³-hybridized carbons (Fsp3) is 0.0714. The lowest BCUT2D eigenvalue weighted by Crippen LogP contribution is -2.11. The number of fused-ring (bicyclic) bond motifs is 6. The molecule has 6 rings (SSSR count). The molecule has 31 heavy (non-hydrogen) atoms. The van der Waals surface area contributed by atoms with Crippen molar-refractivity contribution in [3.63, 3.8) is 0 Å². The number of benzene rings is 5. The minimum absolute atomic E-state index is 0.0784. The van der Waals surface area contributed by atoms with Gasteiger partial charge in [0.15, 0.2) is 0 Å². The van der Waals surface area contributed by atoms with Gasteiger partial charge in [-0.1, -0.05) is 105 Å². The summed E-state index contributed by atoms with van der Waals surface area (Å²) in [5, 5.41) is 4.86. The van der Waals surface area contributed by atoms with Gasteiger partial charge in [-0.05, 0) is 51.6 Å². The average Bonchev–Trinajstić information content (AvgIpc) is 3.21. The monoisotopic (exact) mass is 528 g/mol. The van der Waals surface area contributed by atoms with Gasteiger partial charge in [0.1, 0.15) is 11.9 Å². The largest absolute Gasteiger partial charge is 0.484 e. The number of hydrogen-bond donors (Lipinski definition) is 0. The van der Waals surface area contributed by atoms with E-state index in [-0.39, 0.29) is 12.0 Å². The Hall–Kier alpha value is -2.62. The van der Waals surface area contributed by atoms with E-state index in [0.717, 1.165) is 20.1 Å². The highest BCUT2D eigenvalue weighted by Crippen LogP contribution is 2.55. The molecule has 0 bridgehead atoms. The minimum Gasteiger partial charge on any atom is -0.484 e. The Labute approximate surface area is 197 Å². The van der Waals surface area contributed by atoms with Crippen molar-refractivity contribution in [3.8, 4) is 5.75 Å². The smallest absolute Gasteiger partial charge is 0.135 e. The van der Waals surface area contributed by atoms with Crippen molar-refractivity contribution in [3.05, 3.63) is 123 Å². The molecule has 0 fully saturated rings. The van der Waals surface area contributed by atoms with Gasteiger partial charge in [0.2, 0.25) is 0 Å². The van der Waals surface area contributed by atoms with Crippen molar-refractivity contribution >= 4 is 53.4 Å². The van der Waals surface area contributed by atoms with Crippen LogP contribution in [0.15, 0.2) is 106 Å². The SMILES string of the molecule is Brc1ccc2c(c1)c1c(c3cc(Br)ccc32)C(c2ccccc2)C(c2ccccc2)O1. The summed E-state index contributed by atoms with van der Waals surface area (Å²) in [4.78, 5) is 0. The Morgan fingerprint density at radius 3 is 1.74 bits per heavy atom. The summed E-state index contributed by atoms with van der Waals surface area (Å²) in [6, 6.07) is 34.4. The van der Waals surface area contributed by atoms with Crippen LogP contribution in [0.2, 0.25) is 0 Å². The van der Waals surface area contributed by atoms with Crippen molar-refractivity contribution in [1.29, 1.82) is 0 Å². The molecule has 0 saturated carbocycles. The van der Waals surface area contributed by atoms with Gasteiger partial charge in [-0.15, -0.1) is 0 Å². The molecule has 1 heterocycles. The summed E-state index contributed by atoms with van der Waals surface area (Å²) in [7, 11) is 0. The van der Waals surface area contributed by atoms with E-state index in [4.69, 9.17) is 4.74 Å². The molecule has 5 aromatic carbocycles. The maximum absolute atomic E-state index is 6.84. The van der Waals surface area contributed by atoms with Gasteiger partial charge in [-0.2, -0.15) is 0 Å². The van der Waals surface area contributed by atoms with Crippen LogP contribution < -0.4 is 4.74 Å². The van der Waals surface area contributed by atoms with E-state index in [1.165, 1.54) is 32.8 Å². The summed E-state index contributed by atoms with van der Waals surface area (Å²) < 4.78 is 8.97. The molecule has 0 spiro atoms. The van der Waals surface area contributed by atoms with Gasteiger partial charge in [-0.3, -0.25) is 0 Å². The molecular weight excluding hydrogens is 512 g/mol. The molecular formula is C28H18Br2O. The summed E-state index contributed by atoms with van der Waals surface area (Å²) in [6.45, 7) is 0. The van der Waals surface area contributed by atoms with Gasteiger partial charge in [0.25, 0.3) is 0 Å². The fourth-order valence-electron chi connectivity index (χ4n) is 4.87. The zero-order valence-electron chi connectivity index (χ0n) is 16.6. The van der Waals surface area contributed by atoms with Gasteiger partial charge in [-0.25, -0.2) is 0 Å². The normalized spacial score (nSPS) is 17.6. The molecule has 0 saturated heterocycles. The van der Waals surface area contributed by atoms with Crippen molar-refractivity contribution in [2.24, 2.45) is 0 Å². The second-order valence-corrected chi connectivity index (χ2v) is 9.79. The highest BCUT2D eigenvalue weighted by molar-refractivity contribution is 9.10. The molecule has 150 valence electrons. The molecule has 0 N–H and O–H groups in total. The lowest BCUT2D eigenvalue weighted by atomic mass is 9.82. The minimum atomic E-state index is -0.0784. The third-order valence-electron chi connectivity index (χ3n) is 6.18. The summed E-state index contributed by atoms with van der Waals surface area (Å²) in [5.41, 5.74) is 3.73. The summed E-state index contributed by atoms with van der Waals surface area (Å²) >= 11 is 7.38. The van der Waals surface area contributed by atoms with Crippen LogP contribution in [-0.2, 0) is 0 Å². The molecule has 0 aliphatic carbocycles. The van der Waals surface area contributed by atoms with E-state index in [0.29, 0.717) is 0 Å². The van der Waals surface area contributed by atoms with Crippen LogP contribution in [-0.4, -0.2) is 0 Å². The van der Waals surface area contributed by atoms with Crippen molar-refractivity contribution in [2.75, 3.05) is 0 Å². The van der Waals surface area contributed by atoms with Crippen LogP contribution in [0.3, 0.4) is 0 Å². The lowest BCUT2D eigenvalue weighted by Gasteiger charge is -2.20. The van der Waals surface area contributed by atoms with Gasteiger partial charge in [0.05, 0.1) is 5.92 Å². The van der Waals surface area contributed by atoms with Crippen molar-refractivity contribution < 1.29 is 4.74 Å². The summed E-state index contributed by atoms with van der Waals surface area (Å²) in [6.07, 6.45) is -0.0784. The lowest BCUT2D eigenvalue weighted by molar-refractivity contribution is 0.224. The highest BCUT2D eigenvalue weighted by Gasteiger charge is 2.39. The first kappa shape index (κ1) is 19.1. The van der Waals surface area contributed by atoms with Crippen LogP contribution in [0, 0.1) is 0 Å². The van der Waals surface area contributed by atoms with Crippen LogP contribution in [0.4, 0.5) is 0 Å². The zero-order valence-corrected chi connectivity index (χ0v) is 19.7. The van der Waals surface area contributed by atoms with Gasteiger partial charge >= 0.3 is 0 Å². The predicted molar refractivity (Wildman–Crippen MR) is 135 cm³/mol. The number of halogens is 2. The van der Waals surface area contributed by atoms with E-state index >= 15 is 0 Å². The second kappa shape index (κ2) is 7.51. The maximum Gasteiger partial charge on any atom is 0.135 e. The first-order valence-corrected chi connectivity index (χ1v) is 11.9. The first-order chi connectivity index (χ1) is 15.2. The number of rotatable bonds is 2. The molecule has 1 aliphatic heterocycles. The quantitative estimate of drug-likeness (QED) is 0.207. The van der Waals surface area contributed by atoms with Gasteiger partial charge in [0, 0.05) is 19.9 Å². The van der Waals surface area contributed by atoms with E-state index in [9.17, 15) is 0 Å². The van der Waals surface area contributed by atoms with E-state index in [1.807, 2.05) is 0 Å². The third-order valence-corrected chi connectivity index (χ3v) is 7.16. The zero-order chi connectivity index (χ0) is 20.9. The highest BCUT2D eigenvalue weighted by atomic mass is 79.9. The molecule has 3 heteroatoms. The Morgan fingerprint density at radius 2 is 1.10 bits per heavy atom. The van der Waals surface area contributed by atoms with E-state index < -0.39 is 0 Å². The van der Waals surface area contributed by atoms with Crippen LogP contribution in [0.5, 0.6) is 5.75 Å². The standard InChI is InChI=1S/C28H18Br2O/c29-19-11-13-21-22-14-12-20(30)16-24(22)28-26(23(21)15-19)25(17-7-3-1-4-8-17)27(31-28)18-9-5-2-6-10-18/h1-16,25,27H. The maximum atomic E-state index is 6.84. The number of hydrogen-bond acceptors (Lipinski definition) is 1. The van der Waals surface area contributed by atoms with E-state index in [2.05, 4.69) is 129 Å². The van der Waals surface area contributed by atoms with Crippen molar-refractivity contribution in [1.82, 2.24) is 0 Å². The Kier molecular flexibility index (Phi) is 4.62. The first-order valence-electron chi connectivity index (χ1n) is 10.3. The van der Waals surface area contributed by atoms with Crippen LogP contribution in [0.1, 0.15) is 28.7 Å².